The molecule has 1 nitrogen and oxygen atoms in total. The minimum atomic E-state index is 0.496. The van der Waals surface area contributed by atoms with Gasteiger partial charge in [-0.25, -0.2) is 0 Å². The van der Waals surface area contributed by atoms with E-state index in [4.69, 9.17) is 0 Å². The standard InChI is InChI=1S/C17H29NS/c1-14(2)18(15(3)4)12-11-17(9-5-6-10-17)16-8-7-13-19-16/h7-8,13-15H,5-6,9-12H2,1-4H3. The summed E-state index contributed by atoms with van der Waals surface area (Å²) in [5, 5.41) is 2.25. The van der Waals surface area contributed by atoms with E-state index in [1.54, 1.807) is 4.88 Å². The van der Waals surface area contributed by atoms with Gasteiger partial charge in [0.15, 0.2) is 0 Å². The Hall–Kier alpha value is -0.340. The molecule has 0 amide bonds. The van der Waals surface area contributed by atoms with Gasteiger partial charge in [-0.2, -0.15) is 0 Å². The largest absolute Gasteiger partial charge is 0.299 e. The number of nitrogens with zero attached hydrogens (tertiary/aromatic N) is 1. The lowest BCUT2D eigenvalue weighted by atomic mass is 9.81. The van der Waals surface area contributed by atoms with Crippen molar-refractivity contribution in [3.05, 3.63) is 22.4 Å². The van der Waals surface area contributed by atoms with Gasteiger partial charge in [-0.3, -0.25) is 4.90 Å². The van der Waals surface area contributed by atoms with E-state index in [1.165, 1.54) is 38.6 Å². The van der Waals surface area contributed by atoms with Crippen LogP contribution < -0.4 is 0 Å². The van der Waals surface area contributed by atoms with Gasteiger partial charge in [-0.05, 0) is 64.9 Å². The molecule has 2 heteroatoms. The Bertz CT molecular complexity index is 353. The molecule has 0 atom stereocenters. The highest BCUT2D eigenvalue weighted by Gasteiger charge is 2.36. The van der Waals surface area contributed by atoms with Crippen LogP contribution in [0.1, 0.15) is 64.7 Å². The van der Waals surface area contributed by atoms with Crippen LogP contribution in [0, 0.1) is 0 Å². The maximum Gasteiger partial charge on any atom is 0.0107 e. The molecule has 0 bridgehead atoms. The molecule has 0 aromatic carbocycles. The first-order valence-corrected chi connectivity index (χ1v) is 8.73. The van der Waals surface area contributed by atoms with Gasteiger partial charge < -0.3 is 0 Å². The van der Waals surface area contributed by atoms with Crippen molar-refractivity contribution in [3.63, 3.8) is 0 Å². The summed E-state index contributed by atoms with van der Waals surface area (Å²) in [6, 6.07) is 5.90. The maximum absolute atomic E-state index is 2.65. The molecule has 1 saturated carbocycles. The van der Waals surface area contributed by atoms with Crippen LogP contribution in [-0.4, -0.2) is 23.5 Å². The fraction of sp³-hybridized carbons (Fsp3) is 0.765. The first-order chi connectivity index (χ1) is 9.05. The van der Waals surface area contributed by atoms with Crippen LogP contribution >= 0.6 is 11.3 Å². The number of hydrogen-bond acceptors (Lipinski definition) is 2. The zero-order chi connectivity index (χ0) is 13.9. The van der Waals surface area contributed by atoms with E-state index < -0.39 is 0 Å². The zero-order valence-corrected chi connectivity index (χ0v) is 13.8. The molecule has 0 aliphatic heterocycles. The number of hydrogen-bond donors (Lipinski definition) is 0. The summed E-state index contributed by atoms with van der Waals surface area (Å²) in [7, 11) is 0. The Morgan fingerprint density at radius 1 is 1.16 bits per heavy atom. The van der Waals surface area contributed by atoms with Crippen LogP contribution in [0.25, 0.3) is 0 Å². The number of rotatable bonds is 6. The highest BCUT2D eigenvalue weighted by Crippen LogP contribution is 2.45. The van der Waals surface area contributed by atoms with Crippen molar-refractivity contribution >= 4 is 11.3 Å². The molecule has 1 aliphatic rings. The van der Waals surface area contributed by atoms with Crippen molar-refractivity contribution in [2.24, 2.45) is 0 Å². The van der Waals surface area contributed by atoms with E-state index in [2.05, 4.69) is 50.1 Å². The fourth-order valence-corrected chi connectivity index (χ4v) is 4.72. The van der Waals surface area contributed by atoms with Gasteiger partial charge in [0, 0.05) is 22.4 Å². The van der Waals surface area contributed by atoms with Gasteiger partial charge >= 0.3 is 0 Å². The van der Waals surface area contributed by atoms with E-state index in [0.29, 0.717) is 17.5 Å². The Morgan fingerprint density at radius 2 is 1.79 bits per heavy atom. The Balaban J connectivity index is 2.06. The van der Waals surface area contributed by atoms with Gasteiger partial charge in [0.05, 0.1) is 0 Å². The van der Waals surface area contributed by atoms with Gasteiger partial charge in [0.1, 0.15) is 0 Å². The first-order valence-electron chi connectivity index (χ1n) is 7.85. The highest BCUT2D eigenvalue weighted by atomic mass is 32.1. The maximum atomic E-state index is 2.65. The smallest absolute Gasteiger partial charge is 0.0107 e. The summed E-state index contributed by atoms with van der Waals surface area (Å²) in [6.45, 7) is 10.5. The van der Waals surface area contributed by atoms with Crippen molar-refractivity contribution in [2.75, 3.05) is 6.54 Å². The summed E-state index contributed by atoms with van der Waals surface area (Å²) in [5.41, 5.74) is 0.496. The molecule has 1 heterocycles. The van der Waals surface area contributed by atoms with E-state index >= 15 is 0 Å². The van der Waals surface area contributed by atoms with Crippen LogP contribution in [-0.2, 0) is 5.41 Å². The van der Waals surface area contributed by atoms with Crippen molar-refractivity contribution in [3.8, 4) is 0 Å². The van der Waals surface area contributed by atoms with Gasteiger partial charge in [-0.1, -0.05) is 18.9 Å². The lowest BCUT2D eigenvalue weighted by molar-refractivity contribution is 0.156. The van der Waals surface area contributed by atoms with Crippen LogP contribution in [0.2, 0.25) is 0 Å². The van der Waals surface area contributed by atoms with E-state index in [-0.39, 0.29) is 0 Å². The lowest BCUT2D eigenvalue weighted by Gasteiger charge is -2.35. The average molecular weight is 279 g/mol. The summed E-state index contributed by atoms with van der Waals surface area (Å²) in [6.07, 6.45) is 6.97. The van der Waals surface area contributed by atoms with Crippen LogP contribution in [0.4, 0.5) is 0 Å². The second kappa shape index (κ2) is 6.41. The molecule has 2 rings (SSSR count). The lowest BCUT2D eigenvalue weighted by Crippen LogP contribution is -2.40. The van der Waals surface area contributed by atoms with Crippen LogP contribution in [0.3, 0.4) is 0 Å². The molecule has 0 spiro atoms. The van der Waals surface area contributed by atoms with Crippen LogP contribution in [0.5, 0.6) is 0 Å². The molecule has 1 fully saturated rings. The first kappa shape index (κ1) is 15.1. The van der Waals surface area contributed by atoms with E-state index in [0.717, 1.165) is 0 Å². The predicted molar refractivity (Wildman–Crippen MR) is 86.1 cm³/mol. The molecular formula is C17H29NS. The Morgan fingerprint density at radius 3 is 2.26 bits per heavy atom. The quantitative estimate of drug-likeness (QED) is 0.703. The molecule has 1 aliphatic carbocycles. The second-order valence-electron chi connectivity index (χ2n) is 6.64. The van der Waals surface area contributed by atoms with Crippen molar-refractivity contribution in [2.45, 2.75) is 77.3 Å². The van der Waals surface area contributed by atoms with Crippen molar-refractivity contribution in [1.82, 2.24) is 4.90 Å². The molecule has 19 heavy (non-hydrogen) atoms. The average Bonchev–Trinajstić information content (AvgIpc) is 2.99. The summed E-state index contributed by atoms with van der Waals surface area (Å²) >= 11 is 1.97. The molecule has 0 radical (unpaired) electrons. The van der Waals surface area contributed by atoms with E-state index in [9.17, 15) is 0 Å². The van der Waals surface area contributed by atoms with Crippen molar-refractivity contribution < 1.29 is 0 Å². The predicted octanol–water partition coefficient (Wildman–Crippen LogP) is 5.07. The summed E-state index contributed by atoms with van der Waals surface area (Å²) in [4.78, 5) is 4.28. The molecule has 1 aromatic heterocycles. The Labute approximate surface area is 123 Å². The fourth-order valence-electron chi connectivity index (χ4n) is 3.71. The van der Waals surface area contributed by atoms with Gasteiger partial charge in [0.2, 0.25) is 0 Å². The molecule has 0 saturated heterocycles. The zero-order valence-electron chi connectivity index (χ0n) is 13.0. The van der Waals surface area contributed by atoms with E-state index in [1.807, 2.05) is 11.3 Å². The summed E-state index contributed by atoms with van der Waals surface area (Å²) in [5.74, 6) is 0. The molecule has 0 unspecified atom stereocenters. The van der Waals surface area contributed by atoms with Crippen LogP contribution in [0.15, 0.2) is 17.5 Å². The normalized spacial score (nSPS) is 18.9. The summed E-state index contributed by atoms with van der Waals surface area (Å²) < 4.78 is 0. The third kappa shape index (κ3) is 3.41. The number of thiophene rings is 1. The third-order valence-electron chi connectivity index (χ3n) is 4.78. The highest BCUT2D eigenvalue weighted by molar-refractivity contribution is 7.10. The molecular weight excluding hydrogens is 250 g/mol. The Kier molecular flexibility index (Phi) is 5.08. The van der Waals surface area contributed by atoms with Gasteiger partial charge in [-0.15, -0.1) is 11.3 Å². The van der Waals surface area contributed by atoms with Gasteiger partial charge in [0.25, 0.3) is 0 Å². The SMILES string of the molecule is CC(C)N(CCC1(c2cccs2)CCCC1)C(C)C. The second-order valence-corrected chi connectivity index (χ2v) is 7.59. The minimum absolute atomic E-state index is 0.496. The molecule has 1 aromatic rings. The third-order valence-corrected chi connectivity index (χ3v) is 5.90. The molecule has 108 valence electrons. The molecule has 0 N–H and O–H groups in total. The minimum Gasteiger partial charge on any atom is -0.299 e. The topological polar surface area (TPSA) is 3.24 Å². The van der Waals surface area contributed by atoms with Crippen molar-refractivity contribution in [1.29, 1.82) is 0 Å². The monoisotopic (exact) mass is 279 g/mol.